The highest BCUT2D eigenvalue weighted by atomic mass is 15.2. The van der Waals surface area contributed by atoms with E-state index in [1.165, 1.54) is 24.9 Å². The molecular formula is C21H24N4. The lowest BCUT2D eigenvalue weighted by molar-refractivity contribution is 0.261. The van der Waals surface area contributed by atoms with Gasteiger partial charge < -0.3 is 10.2 Å². The quantitative estimate of drug-likeness (QED) is 0.783. The Kier molecular flexibility index (Phi) is 4.36. The fraction of sp³-hybridized carbons (Fsp3) is 0.333. The Morgan fingerprint density at radius 3 is 2.56 bits per heavy atom. The number of fused-ring (bicyclic) bond motifs is 1. The van der Waals surface area contributed by atoms with E-state index in [9.17, 15) is 0 Å². The molecule has 0 bridgehead atoms. The maximum atomic E-state index is 4.60. The Morgan fingerprint density at radius 2 is 1.76 bits per heavy atom. The van der Waals surface area contributed by atoms with Gasteiger partial charge in [0.1, 0.15) is 5.69 Å². The first kappa shape index (κ1) is 16.0. The first-order chi connectivity index (χ1) is 12.2. The Morgan fingerprint density at radius 1 is 1.00 bits per heavy atom. The lowest BCUT2D eigenvalue weighted by Gasteiger charge is -2.30. The Balaban J connectivity index is 1.76. The number of anilines is 1. The molecule has 1 fully saturated rings. The average molecular weight is 332 g/mol. The van der Waals surface area contributed by atoms with Gasteiger partial charge in [0, 0.05) is 28.9 Å². The normalized spacial score (nSPS) is 18.4. The maximum absolute atomic E-state index is 4.60. The van der Waals surface area contributed by atoms with Crippen LogP contribution in [-0.2, 0) is 0 Å². The lowest BCUT2D eigenvalue weighted by Crippen LogP contribution is -2.40. The summed E-state index contributed by atoms with van der Waals surface area (Å²) in [5.74, 6) is 0.897. The topological polar surface area (TPSA) is 41.1 Å². The van der Waals surface area contributed by atoms with Crippen molar-refractivity contribution in [2.45, 2.75) is 25.8 Å². The smallest absolute Gasteiger partial charge is 0.156 e. The third kappa shape index (κ3) is 3.22. The molecule has 2 heterocycles. The van der Waals surface area contributed by atoms with E-state index < -0.39 is 0 Å². The molecule has 1 atom stereocenters. The van der Waals surface area contributed by atoms with Gasteiger partial charge in [-0.3, -0.25) is 0 Å². The standard InChI is InChI=1S/C21H24N4/c1-15-8-3-4-10-17(15)20-18-11-5-6-12-19(18)21(24-23-20)22-16-9-7-13-25(2)14-16/h3-6,8,10-12,16H,7,9,13-14H2,1-2H3,(H,22,24). The molecule has 0 saturated carbocycles. The molecule has 1 N–H and O–H groups in total. The van der Waals surface area contributed by atoms with Gasteiger partial charge in [0.05, 0.1) is 0 Å². The van der Waals surface area contributed by atoms with Crippen molar-refractivity contribution < 1.29 is 0 Å². The Hall–Kier alpha value is -2.46. The van der Waals surface area contributed by atoms with Crippen LogP contribution in [-0.4, -0.2) is 41.3 Å². The Labute approximate surface area is 148 Å². The van der Waals surface area contributed by atoms with E-state index in [-0.39, 0.29) is 0 Å². The number of likely N-dealkylation sites (tertiary alicyclic amines) is 1. The molecule has 1 saturated heterocycles. The van der Waals surface area contributed by atoms with E-state index >= 15 is 0 Å². The molecule has 4 nitrogen and oxygen atoms in total. The van der Waals surface area contributed by atoms with E-state index in [4.69, 9.17) is 0 Å². The van der Waals surface area contributed by atoms with Crippen LogP contribution in [0.1, 0.15) is 18.4 Å². The van der Waals surface area contributed by atoms with Crippen LogP contribution in [0.25, 0.3) is 22.0 Å². The molecule has 0 spiro atoms. The van der Waals surface area contributed by atoms with E-state index in [0.29, 0.717) is 6.04 Å². The van der Waals surface area contributed by atoms with Gasteiger partial charge in [-0.15, -0.1) is 10.2 Å². The van der Waals surface area contributed by atoms with E-state index in [1.807, 2.05) is 0 Å². The summed E-state index contributed by atoms with van der Waals surface area (Å²) in [6.07, 6.45) is 2.40. The molecule has 1 aliphatic heterocycles. The number of benzene rings is 2. The largest absolute Gasteiger partial charge is 0.364 e. The van der Waals surface area contributed by atoms with Gasteiger partial charge in [0.25, 0.3) is 0 Å². The van der Waals surface area contributed by atoms with Crippen molar-refractivity contribution in [2.24, 2.45) is 0 Å². The number of nitrogens with one attached hydrogen (secondary N) is 1. The molecule has 1 unspecified atom stereocenters. The summed E-state index contributed by atoms with van der Waals surface area (Å²) in [6, 6.07) is 17.2. The van der Waals surface area contributed by atoms with E-state index in [1.54, 1.807) is 0 Å². The zero-order valence-electron chi connectivity index (χ0n) is 14.9. The maximum Gasteiger partial charge on any atom is 0.156 e. The van der Waals surface area contributed by atoms with Crippen LogP contribution in [0.15, 0.2) is 48.5 Å². The Bertz CT molecular complexity index is 890. The number of hydrogen-bond acceptors (Lipinski definition) is 4. The zero-order valence-corrected chi connectivity index (χ0v) is 14.9. The first-order valence-electron chi connectivity index (χ1n) is 8.99. The molecule has 2 aromatic carbocycles. The molecule has 1 aliphatic rings. The van der Waals surface area contributed by atoms with Crippen LogP contribution >= 0.6 is 0 Å². The lowest BCUT2D eigenvalue weighted by atomic mass is 10.0. The summed E-state index contributed by atoms with van der Waals surface area (Å²) in [6.45, 7) is 4.35. The number of rotatable bonds is 3. The summed E-state index contributed by atoms with van der Waals surface area (Å²) in [7, 11) is 2.18. The van der Waals surface area contributed by atoms with Gasteiger partial charge in [-0.2, -0.15) is 0 Å². The highest BCUT2D eigenvalue weighted by Gasteiger charge is 2.19. The molecule has 4 rings (SSSR count). The number of nitrogens with zero attached hydrogens (tertiary/aromatic N) is 3. The zero-order chi connectivity index (χ0) is 17.2. The summed E-state index contributed by atoms with van der Waals surface area (Å²) < 4.78 is 0. The number of likely N-dealkylation sites (N-methyl/N-ethyl adjacent to an activating group) is 1. The second-order valence-corrected chi connectivity index (χ2v) is 7.00. The second kappa shape index (κ2) is 6.81. The summed E-state index contributed by atoms with van der Waals surface area (Å²) in [5, 5.41) is 15.1. The predicted molar refractivity (Wildman–Crippen MR) is 104 cm³/mol. The molecule has 1 aromatic heterocycles. The number of piperidine rings is 1. The molecule has 0 amide bonds. The monoisotopic (exact) mass is 332 g/mol. The van der Waals surface area contributed by atoms with Crippen molar-refractivity contribution >= 4 is 16.6 Å². The van der Waals surface area contributed by atoms with Crippen molar-refractivity contribution in [1.82, 2.24) is 15.1 Å². The van der Waals surface area contributed by atoms with Crippen LogP contribution in [0.3, 0.4) is 0 Å². The molecule has 25 heavy (non-hydrogen) atoms. The summed E-state index contributed by atoms with van der Waals surface area (Å²) >= 11 is 0. The highest BCUT2D eigenvalue weighted by Crippen LogP contribution is 2.31. The highest BCUT2D eigenvalue weighted by molar-refractivity contribution is 6.00. The van der Waals surface area contributed by atoms with Gasteiger partial charge >= 0.3 is 0 Å². The van der Waals surface area contributed by atoms with Crippen LogP contribution in [0, 0.1) is 6.92 Å². The number of aryl methyl sites for hydroxylation is 1. The molecule has 4 heteroatoms. The average Bonchev–Trinajstić information content (AvgIpc) is 2.63. The third-order valence-corrected chi connectivity index (χ3v) is 5.05. The molecule has 128 valence electrons. The molecule has 3 aromatic rings. The molecule has 0 aliphatic carbocycles. The molecular weight excluding hydrogens is 308 g/mol. The number of hydrogen-bond donors (Lipinski definition) is 1. The van der Waals surface area contributed by atoms with Gasteiger partial charge in [0.15, 0.2) is 5.82 Å². The number of aromatic nitrogens is 2. The van der Waals surface area contributed by atoms with Crippen LogP contribution in [0.2, 0.25) is 0 Å². The SMILES string of the molecule is Cc1ccccc1-c1nnc(NC2CCCN(C)C2)c2ccccc12. The fourth-order valence-corrected chi connectivity index (χ4v) is 3.73. The van der Waals surface area contributed by atoms with Crippen LogP contribution in [0.4, 0.5) is 5.82 Å². The van der Waals surface area contributed by atoms with Crippen molar-refractivity contribution in [3.8, 4) is 11.3 Å². The minimum absolute atomic E-state index is 0.431. The van der Waals surface area contributed by atoms with Crippen molar-refractivity contribution in [3.63, 3.8) is 0 Å². The van der Waals surface area contributed by atoms with Gasteiger partial charge in [-0.05, 0) is 38.9 Å². The van der Waals surface area contributed by atoms with E-state index in [2.05, 4.69) is 82.9 Å². The van der Waals surface area contributed by atoms with Crippen molar-refractivity contribution in [3.05, 3.63) is 54.1 Å². The van der Waals surface area contributed by atoms with Crippen molar-refractivity contribution in [1.29, 1.82) is 0 Å². The third-order valence-electron chi connectivity index (χ3n) is 5.05. The first-order valence-corrected chi connectivity index (χ1v) is 8.99. The van der Waals surface area contributed by atoms with Crippen molar-refractivity contribution in [2.75, 3.05) is 25.5 Å². The predicted octanol–water partition coefficient (Wildman–Crippen LogP) is 4.11. The second-order valence-electron chi connectivity index (χ2n) is 7.00. The van der Waals surface area contributed by atoms with E-state index in [0.717, 1.165) is 34.4 Å². The minimum Gasteiger partial charge on any atom is -0.364 e. The van der Waals surface area contributed by atoms with Crippen LogP contribution in [0.5, 0.6) is 0 Å². The summed E-state index contributed by atoms with van der Waals surface area (Å²) in [5.41, 5.74) is 3.33. The fourth-order valence-electron chi connectivity index (χ4n) is 3.73. The van der Waals surface area contributed by atoms with Crippen LogP contribution < -0.4 is 5.32 Å². The molecule has 0 radical (unpaired) electrons. The van der Waals surface area contributed by atoms with Gasteiger partial charge in [-0.25, -0.2) is 0 Å². The van der Waals surface area contributed by atoms with Gasteiger partial charge in [0.2, 0.25) is 0 Å². The minimum atomic E-state index is 0.431. The van der Waals surface area contributed by atoms with Gasteiger partial charge in [-0.1, -0.05) is 48.5 Å². The summed E-state index contributed by atoms with van der Waals surface area (Å²) in [4.78, 5) is 2.37.